The van der Waals surface area contributed by atoms with Crippen LogP contribution in [0, 0.1) is 13.8 Å². The molecular weight excluding hydrogens is 322 g/mol. The van der Waals surface area contributed by atoms with Crippen LogP contribution in [0.4, 0.5) is 0 Å². The summed E-state index contributed by atoms with van der Waals surface area (Å²) in [6.45, 7) is 4.85. The van der Waals surface area contributed by atoms with Gasteiger partial charge in [-0.3, -0.25) is 9.78 Å². The summed E-state index contributed by atoms with van der Waals surface area (Å²) >= 11 is 0. The van der Waals surface area contributed by atoms with E-state index in [9.17, 15) is 4.79 Å². The summed E-state index contributed by atoms with van der Waals surface area (Å²) in [5, 5.41) is 4.30. The monoisotopic (exact) mass is 339 g/mol. The Kier molecular flexibility index (Phi) is 3.75. The normalized spacial score (nSPS) is 17.2. The van der Waals surface area contributed by atoms with Crippen LogP contribution in [0.3, 0.4) is 0 Å². The fourth-order valence-corrected chi connectivity index (χ4v) is 2.92. The molecule has 0 saturated carbocycles. The van der Waals surface area contributed by atoms with Gasteiger partial charge in [-0.2, -0.15) is 4.98 Å². The lowest BCUT2D eigenvalue weighted by Crippen LogP contribution is -2.31. The minimum absolute atomic E-state index is 0.111. The number of hydrogen-bond donors (Lipinski definition) is 0. The molecule has 0 aromatic carbocycles. The Hall–Kier alpha value is -3.10. The van der Waals surface area contributed by atoms with E-state index in [0.29, 0.717) is 24.7 Å². The number of ether oxygens (including phenoxy) is 1. The molecule has 128 valence electrons. The largest absolute Gasteiger partial charge is 0.471 e. The number of nitrogens with zero attached hydrogens (tertiary/aromatic N) is 7. The number of rotatable bonds is 3. The van der Waals surface area contributed by atoms with Crippen molar-refractivity contribution < 1.29 is 9.53 Å². The van der Waals surface area contributed by atoms with E-state index < -0.39 is 0 Å². The van der Waals surface area contributed by atoms with Crippen molar-refractivity contribution in [3.63, 3.8) is 0 Å². The topological polar surface area (TPSA) is 98.4 Å². The Labute approximate surface area is 143 Å². The number of hydrogen-bond acceptors (Lipinski definition) is 7. The number of aryl methyl sites for hydroxylation is 2. The highest BCUT2D eigenvalue weighted by molar-refractivity contribution is 5.91. The van der Waals surface area contributed by atoms with Gasteiger partial charge in [0.25, 0.3) is 11.7 Å². The molecule has 0 radical (unpaired) electrons. The smallest absolute Gasteiger partial charge is 0.293 e. The molecule has 3 aromatic heterocycles. The molecule has 1 aliphatic rings. The molecule has 3 aromatic rings. The van der Waals surface area contributed by atoms with Crippen molar-refractivity contribution in [2.45, 2.75) is 26.4 Å². The molecular formula is C16H17N7O2. The fourth-order valence-electron chi connectivity index (χ4n) is 2.92. The van der Waals surface area contributed by atoms with E-state index in [2.05, 4.69) is 25.0 Å². The van der Waals surface area contributed by atoms with Crippen molar-refractivity contribution in [3.8, 4) is 5.88 Å². The van der Waals surface area contributed by atoms with Crippen molar-refractivity contribution in [1.29, 1.82) is 0 Å². The summed E-state index contributed by atoms with van der Waals surface area (Å²) in [6, 6.07) is 1.90. The van der Waals surface area contributed by atoms with E-state index in [1.54, 1.807) is 28.0 Å². The summed E-state index contributed by atoms with van der Waals surface area (Å²) in [5.74, 6) is 0.838. The van der Waals surface area contributed by atoms with Crippen molar-refractivity contribution in [1.82, 2.24) is 34.4 Å². The van der Waals surface area contributed by atoms with Crippen molar-refractivity contribution in [2.24, 2.45) is 0 Å². The molecule has 4 heterocycles. The molecule has 0 bridgehead atoms. The van der Waals surface area contributed by atoms with Gasteiger partial charge in [-0.25, -0.2) is 14.5 Å². The van der Waals surface area contributed by atoms with Gasteiger partial charge in [0.15, 0.2) is 0 Å². The first-order valence-corrected chi connectivity index (χ1v) is 8.03. The van der Waals surface area contributed by atoms with Gasteiger partial charge in [-0.15, -0.1) is 5.10 Å². The lowest BCUT2D eigenvalue weighted by molar-refractivity contribution is 0.0759. The molecule has 9 heteroatoms. The molecule has 9 nitrogen and oxygen atoms in total. The van der Waals surface area contributed by atoms with Crippen LogP contribution in [0.2, 0.25) is 0 Å². The Morgan fingerprint density at radius 1 is 1.28 bits per heavy atom. The van der Waals surface area contributed by atoms with E-state index in [0.717, 1.165) is 17.8 Å². The first-order chi connectivity index (χ1) is 12.1. The van der Waals surface area contributed by atoms with Gasteiger partial charge < -0.3 is 9.64 Å². The minimum Gasteiger partial charge on any atom is -0.471 e. The number of aromatic nitrogens is 6. The maximum Gasteiger partial charge on any atom is 0.293 e. The molecule has 1 atom stereocenters. The average molecular weight is 339 g/mol. The summed E-state index contributed by atoms with van der Waals surface area (Å²) < 4.78 is 7.35. The number of fused-ring (bicyclic) bond motifs is 1. The number of amides is 1. The van der Waals surface area contributed by atoms with Gasteiger partial charge in [0.05, 0.1) is 12.7 Å². The van der Waals surface area contributed by atoms with Gasteiger partial charge in [0, 0.05) is 36.7 Å². The molecule has 0 unspecified atom stereocenters. The highest BCUT2D eigenvalue weighted by Crippen LogP contribution is 2.17. The Morgan fingerprint density at radius 3 is 2.96 bits per heavy atom. The van der Waals surface area contributed by atoms with E-state index in [1.807, 2.05) is 19.9 Å². The summed E-state index contributed by atoms with van der Waals surface area (Å²) in [6.07, 6.45) is 5.34. The predicted octanol–water partition coefficient (Wildman–Crippen LogP) is 0.825. The molecule has 1 amide bonds. The Bertz CT molecular complexity index is 925. The molecule has 0 spiro atoms. The first kappa shape index (κ1) is 15.4. The molecule has 4 rings (SSSR count). The Balaban J connectivity index is 1.49. The predicted molar refractivity (Wildman–Crippen MR) is 87.2 cm³/mol. The van der Waals surface area contributed by atoms with Crippen molar-refractivity contribution in [2.75, 3.05) is 13.1 Å². The van der Waals surface area contributed by atoms with Crippen molar-refractivity contribution >= 4 is 11.7 Å². The SMILES string of the molecule is Cc1cc(C)n2nc(C(=O)N3CC[C@H](Oc4cnccn4)C3)nc2n1. The van der Waals surface area contributed by atoms with Crippen LogP contribution in [0.15, 0.2) is 24.7 Å². The second-order valence-corrected chi connectivity index (χ2v) is 6.01. The van der Waals surface area contributed by atoms with Crippen LogP contribution >= 0.6 is 0 Å². The summed E-state index contributed by atoms with van der Waals surface area (Å²) in [4.78, 5) is 31.0. The highest BCUT2D eigenvalue weighted by atomic mass is 16.5. The standard InChI is InChI=1S/C16H17N7O2/c1-10-7-11(2)23-16(19-10)20-14(21-23)15(24)22-6-3-12(9-22)25-13-8-17-4-5-18-13/h4-5,7-8,12H,3,6,9H2,1-2H3/t12-/m0/s1. The maximum absolute atomic E-state index is 12.7. The number of carbonyl (C=O) groups is 1. The van der Waals surface area contributed by atoms with Crippen LogP contribution in [0.1, 0.15) is 28.4 Å². The van der Waals surface area contributed by atoms with Crippen LogP contribution in [-0.2, 0) is 0 Å². The average Bonchev–Trinajstić information content (AvgIpc) is 3.22. The van der Waals surface area contributed by atoms with Crippen molar-refractivity contribution in [3.05, 3.63) is 41.9 Å². The molecule has 0 aliphatic carbocycles. The first-order valence-electron chi connectivity index (χ1n) is 8.03. The maximum atomic E-state index is 12.7. The van der Waals surface area contributed by atoms with Crippen LogP contribution < -0.4 is 4.74 Å². The van der Waals surface area contributed by atoms with Gasteiger partial charge in [0.1, 0.15) is 6.10 Å². The third kappa shape index (κ3) is 3.00. The lowest BCUT2D eigenvalue weighted by Gasteiger charge is -2.15. The zero-order valence-electron chi connectivity index (χ0n) is 14.0. The fraction of sp³-hybridized carbons (Fsp3) is 0.375. The zero-order valence-corrected chi connectivity index (χ0v) is 14.0. The van der Waals surface area contributed by atoms with E-state index in [4.69, 9.17) is 4.74 Å². The zero-order chi connectivity index (χ0) is 17.4. The second-order valence-electron chi connectivity index (χ2n) is 6.01. The van der Waals surface area contributed by atoms with Crippen LogP contribution in [0.5, 0.6) is 5.88 Å². The van der Waals surface area contributed by atoms with Gasteiger partial charge in [-0.05, 0) is 19.9 Å². The van der Waals surface area contributed by atoms with E-state index in [1.165, 1.54) is 0 Å². The van der Waals surface area contributed by atoms with Crippen LogP contribution in [0.25, 0.3) is 5.78 Å². The number of likely N-dealkylation sites (tertiary alicyclic amines) is 1. The summed E-state index contributed by atoms with van der Waals surface area (Å²) in [7, 11) is 0. The minimum atomic E-state index is -0.215. The third-order valence-corrected chi connectivity index (χ3v) is 4.07. The quantitative estimate of drug-likeness (QED) is 0.697. The molecule has 1 aliphatic heterocycles. The van der Waals surface area contributed by atoms with Gasteiger partial charge in [0.2, 0.25) is 11.7 Å². The number of carbonyl (C=O) groups excluding carboxylic acids is 1. The van der Waals surface area contributed by atoms with E-state index in [-0.39, 0.29) is 17.8 Å². The Morgan fingerprint density at radius 2 is 2.16 bits per heavy atom. The lowest BCUT2D eigenvalue weighted by atomic mass is 10.3. The van der Waals surface area contributed by atoms with Gasteiger partial charge in [-0.1, -0.05) is 0 Å². The molecule has 0 N–H and O–H groups in total. The van der Waals surface area contributed by atoms with Gasteiger partial charge >= 0.3 is 0 Å². The molecule has 1 fully saturated rings. The van der Waals surface area contributed by atoms with Crippen LogP contribution in [-0.4, -0.2) is 59.6 Å². The summed E-state index contributed by atoms with van der Waals surface area (Å²) in [5.41, 5.74) is 1.73. The third-order valence-electron chi connectivity index (χ3n) is 4.07. The second kappa shape index (κ2) is 6.08. The molecule has 1 saturated heterocycles. The molecule has 25 heavy (non-hydrogen) atoms. The van der Waals surface area contributed by atoms with E-state index >= 15 is 0 Å². The highest BCUT2D eigenvalue weighted by Gasteiger charge is 2.30.